The minimum atomic E-state index is -0.113. The molecule has 4 rings (SSSR count). The molecule has 0 aliphatic heterocycles. The summed E-state index contributed by atoms with van der Waals surface area (Å²) in [4.78, 5) is 15.7. The summed E-state index contributed by atoms with van der Waals surface area (Å²) in [5, 5.41) is 7.01. The molecule has 31 heavy (non-hydrogen) atoms. The van der Waals surface area contributed by atoms with E-state index in [9.17, 15) is 4.79 Å². The number of hydrogen-bond acceptors (Lipinski definition) is 5. The van der Waals surface area contributed by atoms with Gasteiger partial charge in [-0.25, -0.2) is 0 Å². The standard InChI is InChI=1S/C25H23N3O3/c1-17(29)28-19-8-10-20(11-9-19)31-24-12-13-26-22-15-23(25(30-2)14-21(22)24)27-16-18-6-4-3-5-7-18/h3-15,27H,16H2,1-2H3,(H,28,29). The fourth-order valence-electron chi connectivity index (χ4n) is 3.27. The van der Waals surface area contributed by atoms with Crippen molar-refractivity contribution in [1.82, 2.24) is 4.98 Å². The van der Waals surface area contributed by atoms with E-state index in [0.717, 1.165) is 22.3 Å². The van der Waals surface area contributed by atoms with Gasteiger partial charge in [0.2, 0.25) is 5.91 Å². The number of pyridine rings is 1. The summed E-state index contributed by atoms with van der Waals surface area (Å²) in [6.07, 6.45) is 1.72. The molecule has 0 radical (unpaired) electrons. The number of ether oxygens (including phenoxy) is 2. The molecule has 6 heteroatoms. The summed E-state index contributed by atoms with van der Waals surface area (Å²) in [6, 6.07) is 23.1. The van der Waals surface area contributed by atoms with E-state index in [0.29, 0.717) is 23.8 Å². The molecule has 1 aromatic heterocycles. The van der Waals surface area contributed by atoms with Crippen molar-refractivity contribution in [3.63, 3.8) is 0 Å². The highest BCUT2D eigenvalue weighted by Crippen LogP contribution is 2.36. The van der Waals surface area contributed by atoms with Crippen LogP contribution in [0.4, 0.5) is 11.4 Å². The largest absolute Gasteiger partial charge is 0.495 e. The lowest BCUT2D eigenvalue weighted by atomic mass is 10.1. The number of nitrogens with zero attached hydrogens (tertiary/aromatic N) is 1. The molecule has 4 aromatic rings. The second-order valence-electron chi connectivity index (χ2n) is 7.03. The highest BCUT2D eigenvalue weighted by Gasteiger charge is 2.11. The number of rotatable bonds is 7. The van der Waals surface area contributed by atoms with Gasteiger partial charge in [-0.3, -0.25) is 9.78 Å². The molecular formula is C25H23N3O3. The fraction of sp³-hybridized carbons (Fsp3) is 0.120. The highest BCUT2D eigenvalue weighted by molar-refractivity contribution is 5.91. The van der Waals surface area contributed by atoms with E-state index in [-0.39, 0.29) is 5.91 Å². The maximum Gasteiger partial charge on any atom is 0.221 e. The molecule has 0 fully saturated rings. The van der Waals surface area contributed by atoms with Gasteiger partial charge in [-0.1, -0.05) is 30.3 Å². The van der Waals surface area contributed by atoms with Gasteiger partial charge in [0.15, 0.2) is 0 Å². The van der Waals surface area contributed by atoms with Crippen molar-refractivity contribution in [2.75, 3.05) is 17.7 Å². The Morgan fingerprint density at radius 1 is 0.968 bits per heavy atom. The summed E-state index contributed by atoms with van der Waals surface area (Å²) in [7, 11) is 1.65. The van der Waals surface area contributed by atoms with Crippen molar-refractivity contribution in [2.24, 2.45) is 0 Å². The second-order valence-corrected chi connectivity index (χ2v) is 7.03. The van der Waals surface area contributed by atoms with E-state index in [1.54, 1.807) is 25.4 Å². The number of aromatic nitrogens is 1. The maximum atomic E-state index is 11.2. The summed E-state index contributed by atoms with van der Waals surface area (Å²) in [5.41, 5.74) is 3.56. The number of anilines is 2. The molecule has 0 saturated heterocycles. The summed E-state index contributed by atoms with van der Waals surface area (Å²) in [6.45, 7) is 2.16. The van der Waals surface area contributed by atoms with Crippen LogP contribution in [0.1, 0.15) is 12.5 Å². The van der Waals surface area contributed by atoms with E-state index >= 15 is 0 Å². The molecule has 2 N–H and O–H groups in total. The number of carbonyl (C=O) groups is 1. The first kappa shape index (κ1) is 20.2. The van der Waals surface area contributed by atoms with Crippen molar-refractivity contribution in [3.05, 3.63) is 84.6 Å². The van der Waals surface area contributed by atoms with Crippen LogP contribution in [0.3, 0.4) is 0 Å². The minimum absolute atomic E-state index is 0.113. The normalized spacial score (nSPS) is 10.5. The van der Waals surface area contributed by atoms with Crippen LogP contribution in [-0.2, 0) is 11.3 Å². The Bertz CT molecular complexity index is 1190. The van der Waals surface area contributed by atoms with Crippen molar-refractivity contribution in [2.45, 2.75) is 13.5 Å². The molecule has 3 aromatic carbocycles. The fourth-order valence-corrected chi connectivity index (χ4v) is 3.27. The number of fused-ring (bicyclic) bond motifs is 1. The van der Waals surface area contributed by atoms with Crippen LogP contribution in [-0.4, -0.2) is 18.0 Å². The first-order chi connectivity index (χ1) is 15.1. The van der Waals surface area contributed by atoms with Crippen LogP contribution in [0.15, 0.2) is 79.0 Å². The van der Waals surface area contributed by atoms with Gasteiger partial charge in [-0.05, 0) is 48.0 Å². The first-order valence-electron chi connectivity index (χ1n) is 9.92. The number of methoxy groups -OCH3 is 1. The number of amides is 1. The van der Waals surface area contributed by atoms with E-state index in [1.807, 2.05) is 48.5 Å². The SMILES string of the molecule is COc1cc2c(Oc3ccc(NC(C)=O)cc3)ccnc2cc1NCc1ccccc1. The predicted molar refractivity (Wildman–Crippen MR) is 123 cm³/mol. The average Bonchev–Trinajstić information content (AvgIpc) is 2.79. The molecule has 1 heterocycles. The summed E-state index contributed by atoms with van der Waals surface area (Å²) in [5.74, 6) is 1.93. The minimum Gasteiger partial charge on any atom is -0.495 e. The number of hydrogen-bond donors (Lipinski definition) is 2. The number of carbonyl (C=O) groups excluding carboxylic acids is 1. The Labute approximate surface area is 180 Å². The van der Waals surface area contributed by atoms with Crippen LogP contribution < -0.4 is 20.1 Å². The highest BCUT2D eigenvalue weighted by atomic mass is 16.5. The van der Waals surface area contributed by atoms with E-state index < -0.39 is 0 Å². The van der Waals surface area contributed by atoms with Crippen LogP contribution in [0.5, 0.6) is 17.2 Å². The molecular weight excluding hydrogens is 390 g/mol. The Kier molecular flexibility index (Phi) is 5.98. The molecule has 0 aliphatic rings. The van der Waals surface area contributed by atoms with Crippen molar-refractivity contribution in [3.8, 4) is 17.2 Å². The Morgan fingerprint density at radius 3 is 2.45 bits per heavy atom. The zero-order valence-electron chi connectivity index (χ0n) is 17.4. The quantitative estimate of drug-likeness (QED) is 0.412. The van der Waals surface area contributed by atoms with Crippen LogP contribution >= 0.6 is 0 Å². The Hall–Kier alpha value is -4.06. The lowest BCUT2D eigenvalue weighted by Crippen LogP contribution is -2.05. The smallest absolute Gasteiger partial charge is 0.221 e. The van der Waals surface area contributed by atoms with Gasteiger partial charge in [-0.2, -0.15) is 0 Å². The molecule has 0 aliphatic carbocycles. The molecule has 0 saturated carbocycles. The van der Waals surface area contributed by atoms with Crippen molar-refractivity contribution in [1.29, 1.82) is 0 Å². The van der Waals surface area contributed by atoms with E-state index in [2.05, 4.69) is 27.8 Å². The molecule has 0 atom stereocenters. The first-order valence-corrected chi connectivity index (χ1v) is 9.92. The van der Waals surface area contributed by atoms with Gasteiger partial charge >= 0.3 is 0 Å². The number of benzene rings is 3. The molecule has 0 unspecified atom stereocenters. The monoisotopic (exact) mass is 413 g/mol. The number of nitrogens with one attached hydrogen (secondary N) is 2. The lowest BCUT2D eigenvalue weighted by Gasteiger charge is -2.14. The average molecular weight is 413 g/mol. The lowest BCUT2D eigenvalue weighted by molar-refractivity contribution is -0.114. The Balaban J connectivity index is 1.59. The molecule has 0 spiro atoms. The van der Waals surface area contributed by atoms with Crippen LogP contribution in [0.25, 0.3) is 10.9 Å². The second kappa shape index (κ2) is 9.17. The van der Waals surface area contributed by atoms with Gasteiger partial charge in [-0.15, -0.1) is 0 Å². The van der Waals surface area contributed by atoms with Gasteiger partial charge in [0.05, 0.1) is 18.3 Å². The van der Waals surface area contributed by atoms with Crippen molar-refractivity contribution < 1.29 is 14.3 Å². The third kappa shape index (κ3) is 4.93. The third-order valence-corrected chi connectivity index (χ3v) is 4.75. The van der Waals surface area contributed by atoms with Gasteiger partial charge < -0.3 is 20.1 Å². The van der Waals surface area contributed by atoms with Crippen LogP contribution in [0, 0.1) is 0 Å². The van der Waals surface area contributed by atoms with Gasteiger partial charge in [0, 0.05) is 30.7 Å². The van der Waals surface area contributed by atoms with E-state index in [1.165, 1.54) is 12.5 Å². The predicted octanol–water partition coefficient (Wildman–Crippen LogP) is 5.61. The zero-order valence-corrected chi connectivity index (χ0v) is 17.4. The molecule has 156 valence electrons. The summed E-state index contributed by atoms with van der Waals surface area (Å²) < 4.78 is 11.7. The maximum absolute atomic E-state index is 11.2. The van der Waals surface area contributed by atoms with Gasteiger partial charge in [0.25, 0.3) is 0 Å². The summed E-state index contributed by atoms with van der Waals surface area (Å²) >= 11 is 0. The topological polar surface area (TPSA) is 72.5 Å². The zero-order chi connectivity index (χ0) is 21.6. The Morgan fingerprint density at radius 2 is 1.74 bits per heavy atom. The molecule has 6 nitrogen and oxygen atoms in total. The molecule has 0 bridgehead atoms. The van der Waals surface area contributed by atoms with E-state index in [4.69, 9.17) is 9.47 Å². The van der Waals surface area contributed by atoms with Crippen molar-refractivity contribution >= 4 is 28.2 Å². The third-order valence-electron chi connectivity index (χ3n) is 4.75. The molecule has 1 amide bonds. The van der Waals surface area contributed by atoms with Crippen LogP contribution in [0.2, 0.25) is 0 Å². The van der Waals surface area contributed by atoms with Gasteiger partial charge in [0.1, 0.15) is 17.2 Å².